The molecule has 0 fully saturated rings. The van der Waals surface area contributed by atoms with Crippen LogP contribution in [-0.2, 0) is 4.79 Å². The summed E-state index contributed by atoms with van der Waals surface area (Å²) in [6, 6.07) is 15.1. The van der Waals surface area contributed by atoms with Gasteiger partial charge in [0.05, 0.1) is 11.2 Å². The van der Waals surface area contributed by atoms with Crippen LogP contribution < -0.4 is 15.4 Å². The summed E-state index contributed by atoms with van der Waals surface area (Å²) in [6.07, 6.45) is 1.41. The van der Waals surface area contributed by atoms with Gasteiger partial charge in [-0.05, 0) is 48.5 Å². The molecule has 3 rings (SSSR count). The van der Waals surface area contributed by atoms with Crippen LogP contribution in [0.5, 0.6) is 5.75 Å². The number of carbonyl (C=O) groups is 2. The Balaban J connectivity index is 1.48. The lowest BCUT2D eigenvalue weighted by Gasteiger charge is -2.08. The van der Waals surface area contributed by atoms with Gasteiger partial charge in [-0.25, -0.2) is 0 Å². The average molecular weight is 381 g/mol. The molecule has 3 aromatic rings. The molecule has 0 spiro atoms. The highest BCUT2D eigenvalue weighted by Gasteiger charge is 2.09. The van der Waals surface area contributed by atoms with E-state index in [4.69, 9.17) is 9.15 Å². The molecule has 2 amide bonds. The molecule has 0 aliphatic carbocycles. The molecule has 0 saturated carbocycles. The smallest absolute Gasteiger partial charge is 0.291 e. The zero-order valence-electron chi connectivity index (χ0n) is 14.5. The molecule has 0 unspecified atom stereocenters. The fourth-order valence-corrected chi connectivity index (χ4v) is 2.25. The van der Waals surface area contributed by atoms with E-state index in [2.05, 4.69) is 10.6 Å². The number of nitrogens with one attached hydrogen (secondary N) is 2. The van der Waals surface area contributed by atoms with Crippen LogP contribution in [0.25, 0.3) is 0 Å². The lowest BCUT2D eigenvalue weighted by Crippen LogP contribution is -2.20. The van der Waals surface area contributed by atoms with E-state index in [1.165, 1.54) is 30.5 Å². The second kappa shape index (κ2) is 8.49. The van der Waals surface area contributed by atoms with Crippen molar-refractivity contribution in [2.24, 2.45) is 0 Å². The topological polar surface area (TPSA) is 124 Å². The number of anilines is 2. The molecule has 9 nitrogen and oxygen atoms in total. The SMILES string of the molecule is O=C(COc1ccc([N+](=O)[O-])cc1)Nc1ccc(NC(=O)c2ccco2)cc1. The van der Waals surface area contributed by atoms with Gasteiger partial charge in [0.15, 0.2) is 12.4 Å². The quantitative estimate of drug-likeness (QED) is 0.477. The minimum atomic E-state index is -0.517. The van der Waals surface area contributed by atoms with E-state index < -0.39 is 10.8 Å². The monoisotopic (exact) mass is 381 g/mol. The summed E-state index contributed by atoms with van der Waals surface area (Å²) in [5, 5.41) is 15.9. The molecule has 1 heterocycles. The van der Waals surface area contributed by atoms with Gasteiger partial charge in [-0.2, -0.15) is 0 Å². The molecule has 0 aliphatic heterocycles. The number of carbonyl (C=O) groups excluding carboxylic acids is 2. The minimum Gasteiger partial charge on any atom is -0.484 e. The molecule has 9 heteroatoms. The van der Waals surface area contributed by atoms with Crippen molar-refractivity contribution in [3.8, 4) is 5.75 Å². The van der Waals surface area contributed by atoms with Crippen LogP contribution in [0.4, 0.5) is 17.1 Å². The van der Waals surface area contributed by atoms with Gasteiger partial charge in [0, 0.05) is 23.5 Å². The number of nitro groups is 1. The zero-order chi connectivity index (χ0) is 19.9. The number of furan rings is 1. The van der Waals surface area contributed by atoms with E-state index >= 15 is 0 Å². The number of amides is 2. The number of nitro benzene ring substituents is 1. The molecule has 2 N–H and O–H groups in total. The molecular formula is C19H15N3O6. The summed E-state index contributed by atoms with van der Waals surface area (Å²) in [4.78, 5) is 33.9. The third kappa shape index (κ3) is 4.94. The second-order valence-corrected chi connectivity index (χ2v) is 5.60. The molecular weight excluding hydrogens is 366 g/mol. The maximum Gasteiger partial charge on any atom is 0.291 e. The maximum atomic E-state index is 12.0. The van der Waals surface area contributed by atoms with Crippen molar-refractivity contribution in [3.63, 3.8) is 0 Å². The first-order valence-electron chi connectivity index (χ1n) is 8.13. The van der Waals surface area contributed by atoms with Crippen LogP contribution in [0.3, 0.4) is 0 Å². The minimum absolute atomic E-state index is 0.0592. The first-order chi connectivity index (χ1) is 13.5. The predicted molar refractivity (Wildman–Crippen MR) is 100 cm³/mol. The van der Waals surface area contributed by atoms with Crippen molar-refractivity contribution in [1.82, 2.24) is 0 Å². The van der Waals surface area contributed by atoms with E-state index in [0.717, 1.165) is 0 Å². The molecule has 142 valence electrons. The van der Waals surface area contributed by atoms with Crippen LogP contribution in [0.15, 0.2) is 71.3 Å². The Bertz CT molecular complexity index is 966. The van der Waals surface area contributed by atoms with Gasteiger partial charge in [0.25, 0.3) is 17.5 Å². The van der Waals surface area contributed by atoms with Crippen molar-refractivity contribution >= 4 is 28.9 Å². The highest BCUT2D eigenvalue weighted by molar-refractivity contribution is 6.02. The number of nitrogens with zero attached hydrogens (tertiary/aromatic N) is 1. The lowest BCUT2D eigenvalue weighted by molar-refractivity contribution is -0.384. The summed E-state index contributed by atoms with van der Waals surface area (Å²) in [5.41, 5.74) is 1.01. The van der Waals surface area contributed by atoms with Gasteiger partial charge in [-0.1, -0.05) is 0 Å². The molecule has 1 aromatic heterocycles. The highest BCUT2D eigenvalue weighted by atomic mass is 16.6. The Labute approximate surface area is 159 Å². The molecule has 2 aromatic carbocycles. The Kier molecular flexibility index (Phi) is 5.66. The largest absolute Gasteiger partial charge is 0.484 e. The zero-order valence-corrected chi connectivity index (χ0v) is 14.5. The second-order valence-electron chi connectivity index (χ2n) is 5.60. The van der Waals surface area contributed by atoms with Crippen LogP contribution >= 0.6 is 0 Å². The maximum absolute atomic E-state index is 12.0. The number of non-ortho nitro benzene ring substituents is 1. The summed E-state index contributed by atoms with van der Waals surface area (Å²) in [6.45, 7) is -0.255. The Morgan fingerprint density at radius 2 is 1.61 bits per heavy atom. The van der Waals surface area contributed by atoms with Crippen molar-refractivity contribution in [3.05, 3.63) is 82.8 Å². The van der Waals surface area contributed by atoms with Crippen molar-refractivity contribution < 1.29 is 23.7 Å². The van der Waals surface area contributed by atoms with E-state index in [1.54, 1.807) is 36.4 Å². The van der Waals surface area contributed by atoms with E-state index in [1.807, 2.05) is 0 Å². The van der Waals surface area contributed by atoms with Gasteiger partial charge < -0.3 is 19.8 Å². The summed E-state index contributed by atoms with van der Waals surface area (Å²) >= 11 is 0. The van der Waals surface area contributed by atoms with E-state index in [9.17, 15) is 19.7 Å². The molecule has 0 bridgehead atoms. The van der Waals surface area contributed by atoms with Crippen LogP contribution in [-0.4, -0.2) is 23.3 Å². The number of hydrogen-bond donors (Lipinski definition) is 2. The normalized spacial score (nSPS) is 10.1. The van der Waals surface area contributed by atoms with Crippen LogP contribution in [0.1, 0.15) is 10.6 Å². The number of benzene rings is 2. The van der Waals surface area contributed by atoms with Crippen molar-refractivity contribution in [2.45, 2.75) is 0 Å². The Morgan fingerprint density at radius 3 is 2.18 bits per heavy atom. The van der Waals surface area contributed by atoms with Gasteiger partial charge in [0.1, 0.15) is 5.75 Å². The molecule has 0 aliphatic rings. The first kappa shape index (κ1) is 18.6. The van der Waals surface area contributed by atoms with E-state index in [0.29, 0.717) is 17.1 Å². The molecule has 0 atom stereocenters. The number of hydrogen-bond acceptors (Lipinski definition) is 6. The summed E-state index contributed by atoms with van der Waals surface area (Å²) in [7, 11) is 0. The average Bonchev–Trinajstić information content (AvgIpc) is 3.23. The van der Waals surface area contributed by atoms with Gasteiger partial charge in [-0.3, -0.25) is 19.7 Å². The predicted octanol–water partition coefficient (Wildman–Crippen LogP) is 3.46. The van der Waals surface area contributed by atoms with Crippen LogP contribution in [0, 0.1) is 10.1 Å². The number of ether oxygens (including phenoxy) is 1. The third-order valence-corrected chi connectivity index (χ3v) is 3.59. The highest BCUT2D eigenvalue weighted by Crippen LogP contribution is 2.18. The summed E-state index contributed by atoms with van der Waals surface area (Å²) < 4.78 is 10.3. The standard InChI is InChI=1S/C19H15N3O6/c23-18(12-28-16-9-7-15(8-10-16)22(25)26)20-13-3-5-14(6-4-13)21-19(24)17-2-1-11-27-17/h1-11H,12H2,(H,20,23)(H,21,24). The third-order valence-electron chi connectivity index (χ3n) is 3.59. The molecule has 28 heavy (non-hydrogen) atoms. The van der Waals surface area contributed by atoms with Gasteiger partial charge >= 0.3 is 0 Å². The fourth-order valence-electron chi connectivity index (χ4n) is 2.25. The lowest BCUT2D eigenvalue weighted by atomic mass is 10.2. The fraction of sp³-hybridized carbons (Fsp3) is 0.0526. The van der Waals surface area contributed by atoms with Crippen molar-refractivity contribution in [2.75, 3.05) is 17.2 Å². The summed E-state index contributed by atoms with van der Waals surface area (Å²) in [5.74, 6) is -0.235. The Hall–Kier alpha value is -4.14. The Morgan fingerprint density at radius 1 is 0.964 bits per heavy atom. The van der Waals surface area contributed by atoms with Crippen molar-refractivity contribution in [1.29, 1.82) is 0 Å². The van der Waals surface area contributed by atoms with Gasteiger partial charge in [0.2, 0.25) is 0 Å². The number of rotatable bonds is 7. The molecule has 0 saturated heterocycles. The van der Waals surface area contributed by atoms with Gasteiger partial charge in [-0.15, -0.1) is 0 Å². The van der Waals surface area contributed by atoms with E-state index in [-0.39, 0.29) is 24.0 Å². The molecule has 0 radical (unpaired) electrons. The van der Waals surface area contributed by atoms with Crippen LogP contribution in [0.2, 0.25) is 0 Å². The first-order valence-corrected chi connectivity index (χ1v) is 8.13.